The van der Waals surface area contributed by atoms with Crippen LogP contribution in [-0.4, -0.2) is 55.5 Å². The molecule has 0 aromatic carbocycles. The molecule has 0 spiro atoms. The van der Waals surface area contributed by atoms with Crippen LogP contribution >= 0.6 is 11.3 Å². The highest BCUT2D eigenvalue weighted by molar-refractivity contribution is 7.21. The van der Waals surface area contributed by atoms with Crippen molar-refractivity contribution < 1.29 is 4.79 Å². The van der Waals surface area contributed by atoms with Crippen molar-refractivity contribution in [2.75, 3.05) is 26.0 Å². The number of hydrazone groups is 1. The number of carbonyl (C=O) groups excluding carboxylic acids is 1. The molecule has 150 valence electrons. The maximum atomic E-state index is 11.5. The number of nitrogens with one attached hydrogen (secondary N) is 1. The van der Waals surface area contributed by atoms with E-state index in [9.17, 15) is 4.79 Å². The molecule has 1 atom stereocenters. The van der Waals surface area contributed by atoms with E-state index in [1.54, 1.807) is 12.5 Å². The van der Waals surface area contributed by atoms with Gasteiger partial charge in [0.2, 0.25) is 0 Å². The molecule has 1 N–H and O–H groups in total. The van der Waals surface area contributed by atoms with Crippen LogP contribution in [-0.2, 0) is 0 Å². The number of aliphatic imine (C=N–C) groups is 1. The van der Waals surface area contributed by atoms with Crippen LogP contribution in [0.2, 0.25) is 0 Å². The van der Waals surface area contributed by atoms with Crippen LogP contribution in [0.3, 0.4) is 0 Å². The van der Waals surface area contributed by atoms with Gasteiger partial charge in [0.25, 0.3) is 0 Å². The second-order valence-electron chi connectivity index (χ2n) is 6.32. The summed E-state index contributed by atoms with van der Waals surface area (Å²) < 4.78 is 0. The average Bonchev–Trinajstić information content (AvgIpc) is 3.05. The molecule has 2 aromatic heterocycles. The number of thiophene rings is 1. The zero-order valence-electron chi connectivity index (χ0n) is 17.5. The second-order valence-corrected chi connectivity index (χ2v) is 7.35. The van der Waals surface area contributed by atoms with Crippen molar-refractivity contribution >= 4 is 51.3 Å². The number of nitrogens with zero attached hydrogens (tertiary/aromatic N) is 5. The third-order valence-corrected chi connectivity index (χ3v) is 5.28. The Morgan fingerprint density at radius 3 is 2.71 bits per heavy atom. The average molecular weight is 401 g/mol. The van der Waals surface area contributed by atoms with Crippen molar-refractivity contribution in [3.8, 4) is 0 Å². The normalized spacial score (nSPS) is 16.4. The summed E-state index contributed by atoms with van der Waals surface area (Å²) in [5.74, 6) is 0. The number of rotatable bonds is 5. The van der Waals surface area contributed by atoms with Gasteiger partial charge in [-0.3, -0.25) is 9.80 Å². The lowest BCUT2D eigenvalue weighted by atomic mass is 10.2. The highest BCUT2D eigenvalue weighted by atomic mass is 32.1. The van der Waals surface area contributed by atoms with E-state index in [1.165, 1.54) is 11.3 Å². The Hall–Kier alpha value is -2.74. The number of anilines is 1. The monoisotopic (exact) mass is 400 g/mol. The molecule has 0 fully saturated rings. The lowest BCUT2D eigenvalue weighted by Gasteiger charge is -2.25. The summed E-state index contributed by atoms with van der Waals surface area (Å²) in [6.45, 7) is 8.01. The maximum absolute atomic E-state index is 11.5. The minimum absolute atomic E-state index is 0.201. The predicted octanol–water partition coefficient (Wildman–Crippen LogP) is 4.04. The number of likely N-dealkylation sites (N-methyl/N-ethyl adjacent to an activating group) is 1. The van der Waals surface area contributed by atoms with Crippen molar-refractivity contribution in [2.45, 2.75) is 33.7 Å². The van der Waals surface area contributed by atoms with E-state index < -0.39 is 0 Å². The number of aldehydes is 1. The summed E-state index contributed by atoms with van der Waals surface area (Å²) in [6.07, 6.45) is 6.29. The lowest BCUT2D eigenvalue weighted by molar-refractivity contribution is 0.112. The molecular formula is C20H28N6OS. The van der Waals surface area contributed by atoms with Gasteiger partial charge in [-0.2, -0.15) is 5.10 Å². The Bertz CT molecular complexity index is 928. The van der Waals surface area contributed by atoms with Crippen molar-refractivity contribution in [1.82, 2.24) is 15.3 Å². The van der Waals surface area contributed by atoms with E-state index in [2.05, 4.69) is 33.4 Å². The zero-order chi connectivity index (χ0) is 20.8. The van der Waals surface area contributed by atoms with E-state index in [0.717, 1.165) is 33.6 Å². The van der Waals surface area contributed by atoms with Crippen LogP contribution in [0.1, 0.15) is 37.4 Å². The molecule has 0 amide bonds. The van der Waals surface area contributed by atoms with Crippen LogP contribution in [0.25, 0.3) is 10.2 Å². The number of carbonyl (C=O) groups is 1. The molecule has 0 radical (unpaired) electrons. The topological polar surface area (TPSA) is 73.2 Å². The Labute approximate surface area is 170 Å². The predicted molar refractivity (Wildman–Crippen MR) is 120 cm³/mol. The first-order chi connectivity index (χ1) is 13.4. The Kier molecular flexibility index (Phi) is 7.28. The fourth-order valence-corrected chi connectivity index (χ4v) is 3.68. The van der Waals surface area contributed by atoms with Crippen molar-refractivity contribution in [1.29, 1.82) is 0 Å². The molecule has 8 heteroatoms. The number of hydrogen-bond acceptors (Lipinski definition) is 7. The fourth-order valence-electron chi connectivity index (χ4n) is 2.76. The van der Waals surface area contributed by atoms with Crippen LogP contribution in [0, 0.1) is 0 Å². The summed E-state index contributed by atoms with van der Waals surface area (Å²) in [7, 11) is 5.87. The van der Waals surface area contributed by atoms with E-state index >= 15 is 0 Å². The van der Waals surface area contributed by atoms with E-state index in [1.807, 2.05) is 57.9 Å². The summed E-state index contributed by atoms with van der Waals surface area (Å²) >= 11 is 1.35. The summed E-state index contributed by atoms with van der Waals surface area (Å²) in [5.41, 5.74) is 3.42. The van der Waals surface area contributed by atoms with Gasteiger partial charge in [-0.05, 0) is 26.0 Å². The third-order valence-electron chi connectivity index (χ3n) is 4.27. The van der Waals surface area contributed by atoms with Gasteiger partial charge in [0.15, 0.2) is 6.29 Å². The van der Waals surface area contributed by atoms with Crippen LogP contribution in [0.4, 0.5) is 11.4 Å². The van der Waals surface area contributed by atoms with Gasteiger partial charge >= 0.3 is 0 Å². The summed E-state index contributed by atoms with van der Waals surface area (Å²) in [6, 6.07) is 2.13. The molecule has 2 aromatic rings. The summed E-state index contributed by atoms with van der Waals surface area (Å²) in [4.78, 5) is 23.8. The highest BCUT2D eigenvalue weighted by Crippen LogP contribution is 2.40. The van der Waals surface area contributed by atoms with Crippen LogP contribution in [0.5, 0.6) is 0 Å². The molecule has 1 aliphatic rings. The largest absolute Gasteiger partial charge is 0.377 e. The zero-order valence-corrected chi connectivity index (χ0v) is 18.3. The molecule has 1 unspecified atom stereocenters. The number of allylic oxidation sites excluding steroid dienone is 1. The Balaban J connectivity index is 0.00000136. The van der Waals surface area contributed by atoms with E-state index in [-0.39, 0.29) is 6.04 Å². The fraction of sp³-hybridized carbons (Fsp3) is 0.400. The van der Waals surface area contributed by atoms with E-state index in [0.29, 0.717) is 10.6 Å². The molecule has 0 aliphatic carbocycles. The molecule has 7 nitrogen and oxygen atoms in total. The maximum Gasteiger partial charge on any atom is 0.162 e. The molecular weight excluding hydrogens is 372 g/mol. The standard InChI is InChI=1S/C18H22N6OS.C2H6/c1-11-8-13(12(2)22-24(11)5)20-10-21-17-15(9-25)26-18-16(17)14(23(3)4)6-7-19-18;1-2/h6-11H,1-5H3,(H,20,21);1-2H3. The highest BCUT2D eigenvalue weighted by Gasteiger charge is 2.17. The van der Waals surface area contributed by atoms with Crippen molar-refractivity contribution in [3.63, 3.8) is 0 Å². The van der Waals surface area contributed by atoms with E-state index in [4.69, 9.17) is 0 Å². The van der Waals surface area contributed by atoms with Crippen LogP contribution < -0.4 is 10.2 Å². The molecule has 28 heavy (non-hydrogen) atoms. The Morgan fingerprint density at radius 2 is 2.07 bits per heavy atom. The number of fused-ring (bicyclic) bond motifs is 1. The first kappa shape index (κ1) is 21.6. The molecule has 0 saturated carbocycles. The molecule has 0 bridgehead atoms. The number of hydrogen-bond donors (Lipinski definition) is 1. The quantitative estimate of drug-likeness (QED) is 0.466. The second kappa shape index (κ2) is 9.45. The van der Waals surface area contributed by atoms with Crippen LogP contribution in [0.15, 0.2) is 34.1 Å². The van der Waals surface area contributed by atoms with Gasteiger partial charge in [-0.15, -0.1) is 11.3 Å². The first-order valence-corrected chi connectivity index (χ1v) is 10.1. The SMILES string of the molecule is CC.CC1=NN(C)C(C)C=C1NC=Nc1c(C=O)sc2nccc(N(C)C)c12. The van der Waals surface area contributed by atoms with Crippen molar-refractivity contribution in [2.24, 2.45) is 10.1 Å². The van der Waals surface area contributed by atoms with Crippen molar-refractivity contribution in [3.05, 3.63) is 28.9 Å². The first-order valence-electron chi connectivity index (χ1n) is 9.25. The van der Waals surface area contributed by atoms with Gasteiger partial charge < -0.3 is 10.2 Å². The molecule has 1 aliphatic heterocycles. The molecule has 0 saturated heterocycles. The lowest BCUT2D eigenvalue weighted by Crippen LogP contribution is -2.32. The van der Waals surface area contributed by atoms with Gasteiger partial charge in [0.05, 0.1) is 45.4 Å². The van der Waals surface area contributed by atoms with Gasteiger partial charge in [-0.25, -0.2) is 9.98 Å². The minimum Gasteiger partial charge on any atom is -0.377 e. The summed E-state index contributed by atoms with van der Waals surface area (Å²) in [5, 5.41) is 10.5. The number of pyridine rings is 1. The van der Waals surface area contributed by atoms with Gasteiger partial charge in [0.1, 0.15) is 4.83 Å². The third kappa shape index (κ3) is 4.39. The smallest absolute Gasteiger partial charge is 0.162 e. The number of aromatic nitrogens is 1. The van der Waals surface area contributed by atoms with Gasteiger partial charge in [-0.1, -0.05) is 13.8 Å². The Morgan fingerprint density at radius 1 is 1.36 bits per heavy atom. The molecule has 3 heterocycles. The minimum atomic E-state index is 0.201. The molecule has 3 rings (SSSR count). The van der Waals surface area contributed by atoms with Gasteiger partial charge in [0, 0.05) is 27.3 Å².